The maximum atomic E-state index is 12.6. The lowest BCUT2D eigenvalue weighted by Gasteiger charge is -2.38. The molecule has 0 saturated heterocycles. The van der Waals surface area contributed by atoms with Crippen molar-refractivity contribution in [3.8, 4) is 11.5 Å². The summed E-state index contributed by atoms with van der Waals surface area (Å²) < 4.78 is 17.0. The van der Waals surface area contributed by atoms with Crippen LogP contribution in [0.2, 0.25) is 0 Å². The Morgan fingerprint density at radius 2 is 1.82 bits per heavy atom. The second kappa shape index (κ2) is 12.2. The highest BCUT2D eigenvalue weighted by Crippen LogP contribution is 2.45. The van der Waals surface area contributed by atoms with Crippen LogP contribution in [0.4, 0.5) is 0 Å². The zero-order valence-electron chi connectivity index (χ0n) is 22.3. The maximum Gasteiger partial charge on any atom is 0.336 e. The average molecular weight is 574 g/mol. The molecule has 4 unspecified atom stereocenters. The van der Waals surface area contributed by atoms with Gasteiger partial charge in [0.1, 0.15) is 6.10 Å². The average Bonchev–Trinajstić information content (AvgIpc) is 2.92. The van der Waals surface area contributed by atoms with Gasteiger partial charge in [0, 0.05) is 29.4 Å². The number of ether oxygens (including phenoxy) is 3. The van der Waals surface area contributed by atoms with Crippen LogP contribution in [0.3, 0.4) is 0 Å². The second-order valence-electron chi connectivity index (χ2n) is 9.64. The first kappa shape index (κ1) is 29.3. The summed E-state index contributed by atoms with van der Waals surface area (Å²) in [6, 6.07) is 3.65. The van der Waals surface area contributed by atoms with Gasteiger partial charge in [-0.05, 0) is 50.1 Å². The Bertz CT molecular complexity index is 1320. The van der Waals surface area contributed by atoms with E-state index in [1.54, 1.807) is 19.5 Å². The molecule has 1 saturated carbocycles. The Morgan fingerprint density at radius 3 is 2.42 bits per heavy atom. The molecule has 3 N–H and O–H groups in total. The number of fused-ring (bicyclic) bond motifs is 3. The quantitative estimate of drug-likeness (QED) is 0.204. The Labute approximate surface area is 234 Å². The fourth-order valence-corrected chi connectivity index (χ4v) is 5.48. The minimum absolute atomic E-state index is 0.136. The monoisotopic (exact) mass is 573 g/mol. The third-order valence-electron chi connectivity index (χ3n) is 7.01. The Balaban J connectivity index is 1.63. The van der Waals surface area contributed by atoms with Crippen molar-refractivity contribution in [3.63, 3.8) is 0 Å². The van der Waals surface area contributed by atoms with Gasteiger partial charge >= 0.3 is 17.9 Å². The molecule has 13 heteroatoms. The van der Waals surface area contributed by atoms with Gasteiger partial charge in [0.25, 0.3) is 0 Å². The number of carbonyl (C=O) groups excluding carboxylic acids is 1. The maximum absolute atomic E-state index is 12.6. The fraction of sp³-hybridized carbons (Fsp3) is 0.481. The lowest BCUT2D eigenvalue weighted by Crippen LogP contribution is -2.44. The number of carboxylic acids is 2. The normalized spacial score (nSPS) is 21.2. The van der Waals surface area contributed by atoms with E-state index in [2.05, 4.69) is 9.97 Å². The van der Waals surface area contributed by atoms with E-state index >= 15 is 0 Å². The number of rotatable bonds is 11. The smallest absolute Gasteiger partial charge is 0.336 e. The molecule has 2 aliphatic rings. The molecule has 214 valence electrons. The molecule has 4 rings (SSSR count). The summed E-state index contributed by atoms with van der Waals surface area (Å²) in [5, 5.41) is 29.1. The lowest BCUT2D eigenvalue weighted by atomic mass is 9.74. The van der Waals surface area contributed by atoms with Crippen LogP contribution in [0.25, 0.3) is 0 Å². The fourth-order valence-electron chi connectivity index (χ4n) is 5.17. The van der Waals surface area contributed by atoms with E-state index in [0.717, 1.165) is 22.4 Å². The van der Waals surface area contributed by atoms with Gasteiger partial charge in [-0.3, -0.25) is 14.6 Å². The Kier molecular flexibility index (Phi) is 8.94. The van der Waals surface area contributed by atoms with Gasteiger partial charge in [0.15, 0.2) is 22.3 Å². The zero-order valence-corrected chi connectivity index (χ0v) is 23.1. The third kappa shape index (κ3) is 6.20. The van der Waals surface area contributed by atoms with Crippen LogP contribution in [-0.2, 0) is 19.1 Å². The molecule has 2 heterocycles. The highest BCUT2D eigenvalue weighted by atomic mass is 32.2. The van der Waals surface area contributed by atoms with Gasteiger partial charge in [0.2, 0.25) is 0 Å². The number of hydrogen-bond donors (Lipinski definition) is 3. The van der Waals surface area contributed by atoms with Crippen LogP contribution < -0.4 is 9.47 Å². The second-order valence-corrected chi connectivity index (χ2v) is 10.4. The molecule has 1 aliphatic heterocycles. The number of aliphatic carboxylic acids is 2. The van der Waals surface area contributed by atoms with Crippen molar-refractivity contribution in [2.45, 2.75) is 67.8 Å². The Morgan fingerprint density at radius 1 is 1.10 bits per heavy atom. The van der Waals surface area contributed by atoms with Crippen LogP contribution in [0, 0.1) is 0 Å². The molecule has 0 bridgehead atoms. The molecule has 4 atom stereocenters. The molecule has 1 aromatic heterocycles. The van der Waals surface area contributed by atoms with Crippen molar-refractivity contribution in [2.24, 2.45) is 4.99 Å². The summed E-state index contributed by atoms with van der Waals surface area (Å²) in [5.74, 6) is -3.37. The van der Waals surface area contributed by atoms with Gasteiger partial charge in [-0.15, -0.1) is 0 Å². The molecule has 1 aromatic carbocycles. The number of carbonyl (C=O) groups is 3. The number of thioether (sulfide) groups is 1. The van der Waals surface area contributed by atoms with Crippen LogP contribution in [0.15, 0.2) is 34.7 Å². The third-order valence-corrected chi connectivity index (χ3v) is 7.59. The van der Waals surface area contributed by atoms with Crippen molar-refractivity contribution in [1.29, 1.82) is 0 Å². The van der Waals surface area contributed by atoms with Gasteiger partial charge < -0.3 is 29.5 Å². The molecular weight excluding hydrogens is 542 g/mol. The molecule has 1 aliphatic carbocycles. The molecule has 2 aromatic rings. The summed E-state index contributed by atoms with van der Waals surface area (Å²) >= 11 is 1.44. The van der Waals surface area contributed by atoms with Crippen molar-refractivity contribution in [3.05, 3.63) is 41.2 Å². The SMILES string of the molecule is CCOc1cc2c(cc1OC)C(c1cnc(SC)nc1)=NC1CCC(OC(=O)CC(O)(CC(=O)O)C(=O)O)CC21. The van der Waals surface area contributed by atoms with Crippen LogP contribution >= 0.6 is 11.8 Å². The van der Waals surface area contributed by atoms with E-state index in [1.165, 1.54) is 11.8 Å². The number of aliphatic imine (C=N–C) groups is 1. The standard InChI is InChI=1S/C27H31N3O9S/c1-4-38-21-8-16-17-7-15(39-23(33)11-27(36,25(34)35)10-22(31)32)5-6-19(17)30-24(18(16)9-20(21)37-2)14-12-28-26(40-3)29-13-14/h8-9,12-13,15,17,19,36H,4-7,10-11H2,1-3H3,(H,31,32)(H,34,35). The highest BCUT2D eigenvalue weighted by Gasteiger charge is 2.43. The first-order valence-electron chi connectivity index (χ1n) is 12.7. The minimum Gasteiger partial charge on any atom is -0.493 e. The van der Waals surface area contributed by atoms with Gasteiger partial charge in [-0.2, -0.15) is 0 Å². The van der Waals surface area contributed by atoms with E-state index in [0.29, 0.717) is 42.5 Å². The summed E-state index contributed by atoms with van der Waals surface area (Å²) in [7, 11) is 1.56. The topological polar surface area (TPSA) is 178 Å². The van der Waals surface area contributed by atoms with E-state index in [9.17, 15) is 24.6 Å². The van der Waals surface area contributed by atoms with Gasteiger partial charge in [-0.1, -0.05) is 11.8 Å². The summed E-state index contributed by atoms with van der Waals surface area (Å²) in [5.41, 5.74) is 0.468. The molecule has 0 amide bonds. The largest absolute Gasteiger partial charge is 0.493 e. The molecule has 0 spiro atoms. The molecule has 0 radical (unpaired) electrons. The zero-order chi connectivity index (χ0) is 29.0. The van der Waals surface area contributed by atoms with Gasteiger partial charge in [0.05, 0.1) is 38.3 Å². The van der Waals surface area contributed by atoms with Crippen LogP contribution in [-0.4, -0.2) is 86.6 Å². The number of hydrogen-bond acceptors (Lipinski definition) is 11. The predicted molar refractivity (Wildman–Crippen MR) is 143 cm³/mol. The predicted octanol–water partition coefficient (Wildman–Crippen LogP) is 2.69. The number of nitrogens with zero attached hydrogens (tertiary/aromatic N) is 3. The highest BCUT2D eigenvalue weighted by molar-refractivity contribution is 7.98. The molecule has 1 fully saturated rings. The van der Waals surface area contributed by atoms with Crippen molar-refractivity contribution < 1.29 is 43.9 Å². The van der Waals surface area contributed by atoms with E-state index < -0.39 is 42.5 Å². The van der Waals surface area contributed by atoms with Crippen LogP contribution in [0.5, 0.6) is 11.5 Å². The number of aromatic nitrogens is 2. The first-order chi connectivity index (χ1) is 19.1. The first-order valence-corrected chi connectivity index (χ1v) is 14.0. The van der Waals surface area contributed by atoms with E-state index in [1.807, 2.05) is 25.3 Å². The van der Waals surface area contributed by atoms with E-state index in [4.69, 9.17) is 24.3 Å². The van der Waals surface area contributed by atoms with Crippen LogP contribution in [0.1, 0.15) is 61.6 Å². The number of esters is 1. The van der Waals surface area contributed by atoms with E-state index in [-0.39, 0.29) is 12.0 Å². The number of methoxy groups -OCH3 is 1. The molecular formula is C27H31N3O9S. The number of carboxylic acid groups (broad SMARTS) is 2. The minimum atomic E-state index is -2.76. The van der Waals surface area contributed by atoms with Crippen molar-refractivity contribution in [2.75, 3.05) is 20.0 Å². The number of benzene rings is 1. The lowest BCUT2D eigenvalue weighted by molar-refractivity contribution is -0.174. The van der Waals surface area contributed by atoms with Crippen molar-refractivity contribution >= 4 is 35.4 Å². The number of aliphatic hydroxyl groups is 1. The van der Waals surface area contributed by atoms with Gasteiger partial charge in [-0.25, -0.2) is 14.8 Å². The Hall–Kier alpha value is -3.71. The summed E-state index contributed by atoms with van der Waals surface area (Å²) in [6.07, 6.45) is 4.11. The molecule has 12 nitrogen and oxygen atoms in total. The van der Waals surface area contributed by atoms with Crippen molar-refractivity contribution in [1.82, 2.24) is 9.97 Å². The summed E-state index contributed by atoms with van der Waals surface area (Å²) in [4.78, 5) is 49.0. The summed E-state index contributed by atoms with van der Waals surface area (Å²) in [6.45, 7) is 2.30. The molecule has 40 heavy (non-hydrogen) atoms.